The Hall–Kier alpha value is -0.0400. The molecule has 8 bridgehead atoms. The van der Waals surface area contributed by atoms with Gasteiger partial charge in [0.2, 0.25) is 0 Å². The predicted octanol–water partition coefficient (Wildman–Crippen LogP) is 1.52. The lowest BCUT2D eigenvalue weighted by atomic mass is 9.70. The summed E-state index contributed by atoms with van der Waals surface area (Å²) in [6.45, 7) is 0. The normalized spacial score (nSPS) is 80.5. The molecule has 1 heteroatoms. The Balaban J connectivity index is 1.75. The fraction of sp³-hybridized carbons (Fsp3) is 1.00. The number of aliphatic hydroxyl groups is 1. The van der Waals surface area contributed by atoms with E-state index in [2.05, 4.69) is 0 Å². The average molecular weight is 176 g/mol. The predicted molar refractivity (Wildman–Crippen MR) is 47.8 cm³/mol. The molecule has 6 aliphatic rings. The minimum atomic E-state index is 0.114. The van der Waals surface area contributed by atoms with Gasteiger partial charge in [0.1, 0.15) is 0 Å². The summed E-state index contributed by atoms with van der Waals surface area (Å²) in [7, 11) is 0. The molecule has 6 saturated carbocycles. The van der Waals surface area contributed by atoms with Gasteiger partial charge in [-0.3, -0.25) is 0 Å². The number of hydrogen-bond donors (Lipinski definition) is 1. The average Bonchev–Trinajstić information content (AvgIpc) is 2.78. The molecular formula is C12H16O. The molecule has 0 aromatic rings. The van der Waals surface area contributed by atoms with Gasteiger partial charge < -0.3 is 5.11 Å². The summed E-state index contributed by atoms with van der Waals surface area (Å²) in [4.78, 5) is 0. The van der Waals surface area contributed by atoms with Crippen molar-refractivity contribution in [3.8, 4) is 0 Å². The van der Waals surface area contributed by atoms with Crippen LogP contribution in [0, 0.1) is 47.3 Å². The molecular weight excluding hydrogens is 160 g/mol. The molecule has 0 radical (unpaired) electrons. The van der Waals surface area contributed by atoms with Crippen molar-refractivity contribution in [2.45, 2.75) is 25.4 Å². The Morgan fingerprint density at radius 2 is 1.31 bits per heavy atom. The number of aliphatic hydroxyl groups excluding tert-OH is 1. The van der Waals surface area contributed by atoms with Crippen LogP contribution in [0.3, 0.4) is 0 Å². The van der Waals surface area contributed by atoms with E-state index < -0.39 is 0 Å². The van der Waals surface area contributed by atoms with E-state index in [9.17, 15) is 5.11 Å². The monoisotopic (exact) mass is 176 g/mol. The lowest BCUT2D eigenvalue weighted by molar-refractivity contribution is 0.0279. The van der Waals surface area contributed by atoms with E-state index in [1.165, 1.54) is 12.8 Å². The molecule has 1 N–H and O–H groups in total. The molecule has 0 saturated heterocycles. The van der Waals surface area contributed by atoms with Crippen LogP contribution in [0.2, 0.25) is 0 Å². The molecule has 0 aliphatic heterocycles. The summed E-state index contributed by atoms with van der Waals surface area (Å²) in [5.41, 5.74) is 0. The molecule has 0 heterocycles. The van der Waals surface area contributed by atoms with Crippen LogP contribution in [-0.2, 0) is 0 Å². The molecule has 9 atom stereocenters. The van der Waals surface area contributed by atoms with Crippen molar-refractivity contribution in [2.75, 3.05) is 0 Å². The van der Waals surface area contributed by atoms with E-state index in [0.29, 0.717) is 0 Å². The molecule has 6 fully saturated rings. The third-order valence-electron chi connectivity index (χ3n) is 6.54. The molecule has 13 heavy (non-hydrogen) atoms. The second kappa shape index (κ2) is 1.60. The summed E-state index contributed by atoms with van der Waals surface area (Å²) < 4.78 is 0. The summed E-state index contributed by atoms with van der Waals surface area (Å²) >= 11 is 0. The first-order valence-electron chi connectivity index (χ1n) is 6.06. The van der Waals surface area contributed by atoms with Crippen molar-refractivity contribution in [3.05, 3.63) is 0 Å². The highest BCUT2D eigenvalue weighted by Crippen LogP contribution is 2.82. The Labute approximate surface area is 78.5 Å². The van der Waals surface area contributed by atoms with Crippen molar-refractivity contribution >= 4 is 0 Å². The van der Waals surface area contributed by atoms with E-state index in [1.54, 1.807) is 6.42 Å². The highest BCUT2D eigenvalue weighted by atomic mass is 16.3. The highest BCUT2D eigenvalue weighted by molar-refractivity contribution is 5.26. The van der Waals surface area contributed by atoms with Gasteiger partial charge in [-0.2, -0.15) is 0 Å². The summed E-state index contributed by atoms with van der Waals surface area (Å²) in [6, 6.07) is 0. The fourth-order valence-electron chi connectivity index (χ4n) is 6.88. The van der Waals surface area contributed by atoms with Gasteiger partial charge >= 0.3 is 0 Å². The largest absolute Gasteiger partial charge is 0.393 e. The second-order valence-corrected chi connectivity index (χ2v) is 6.26. The van der Waals surface area contributed by atoms with E-state index in [-0.39, 0.29) is 6.10 Å². The third-order valence-corrected chi connectivity index (χ3v) is 6.54. The van der Waals surface area contributed by atoms with Crippen LogP contribution >= 0.6 is 0 Å². The van der Waals surface area contributed by atoms with Crippen LogP contribution in [0.15, 0.2) is 0 Å². The van der Waals surface area contributed by atoms with Crippen molar-refractivity contribution in [1.29, 1.82) is 0 Å². The van der Waals surface area contributed by atoms with Crippen molar-refractivity contribution in [2.24, 2.45) is 47.3 Å². The zero-order valence-corrected chi connectivity index (χ0v) is 7.76. The maximum Gasteiger partial charge on any atom is 0.0577 e. The second-order valence-electron chi connectivity index (χ2n) is 6.26. The summed E-state index contributed by atoms with van der Waals surface area (Å²) in [6.07, 6.45) is 4.36. The first kappa shape index (κ1) is 6.44. The fourth-order valence-corrected chi connectivity index (χ4v) is 6.88. The molecule has 0 amide bonds. The molecule has 0 unspecified atom stereocenters. The van der Waals surface area contributed by atoms with Crippen LogP contribution < -0.4 is 0 Å². The summed E-state index contributed by atoms with van der Waals surface area (Å²) in [5, 5.41) is 9.97. The molecule has 1 nitrogen and oxygen atoms in total. The smallest absolute Gasteiger partial charge is 0.0577 e. The van der Waals surface area contributed by atoms with Crippen LogP contribution in [0.5, 0.6) is 0 Å². The van der Waals surface area contributed by atoms with Gasteiger partial charge in [-0.1, -0.05) is 0 Å². The zero-order valence-electron chi connectivity index (χ0n) is 7.76. The maximum absolute atomic E-state index is 9.97. The van der Waals surface area contributed by atoms with Gasteiger partial charge in [0.15, 0.2) is 0 Å². The zero-order chi connectivity index (χ0) is 8.32. The van der Waals surface area contributed by atoms with Gasteiger partial charge in [0.05, 0.1) is 6.10 Å². The SMILES string of the molecule is O[C@H]1C[C@H]2[C@H]3[C@H]4CC[C@H]5[C@H]4[C@H]2[C@H]1[C@H]53. The van der Waals surface area contributed by atoms with Gasteiger partial charge in [-0.05, 0) is 66.6 Å². The van der Waals surface area contributed by atoms with Gasteiger partial charge in [0.25, 0.3) is 0 Å². The Bertz CT molecular complexity index is 287. The van der Waals surface area contributed by atoms with Crippen LogP contribution in [0.1, 0.15) is 19.3 Å². The van der Waals surface area contributed by atoms with E-state index in [4.69, 9.17) is 0 Å². The van der Waals surface area contributed by atoms with Crippen molar-refractivity contribution in [1.82, 2.24) is 0 Å². The van der Waals surface area contributed by atoms with Gasteiger partial charge in [-0.15, -0.1) is 0 Å². The standard InChI is InChI=1S/C12H16O/c13-7-3-6-9-4-1-2-5-8(4)11(6)12(7)10(5)9/h4-13H,1-3H2/t4-,5-,6-,7-,8-,9+,10+,11-,12+/m0/s1. The maximum atomic E-state index is 9.97. The molecule has 0 aromatic heterocycles. The first-order chi connectivity index (χ1) is 6.38. The van der Waals surface area contributed by atoms with E-state index in [0.717, 1.165) is 47.3 Å². The molecule has 0 spiro atoms. The van der Waals surface area contributed by atoms with Crippen molar-refractivity contribution in [3.63, 3.8) is 0 Å². The topological polar surface area (TPSA) is 20.2 Å². The molecule has 0 aromatic carbocycles. The van der Waals surface area contributed by atoms with E-state index in [1.807, 2.05) is 0 Å². The quantitative estimate of drug-likeness (QED) is 0.593. The highest BCUT2D eigenvalue weighted by Gasteiger charge is 2.78. The van der Waals surface area contributed by atoms with Crippen molar-refractivity contribution < 1.29 is 5.11 Å². The Morgan fingerprint density at radius 1 is 0.692 bits per heavy atom. The minimum Gasteiger partial charge on any atom is -0.393 e. The van der Waals surface area contributed by atoms with Gasteiger partial charge in [0, 0.05) is 0 Å². The Morgan fingerprint density at radius 3 is 2.15 bits per heavy atom. The van der Waals surface area contributed by atoms with Crippen LogP contribution in [-0.4, -0.2) is 11.2 Å². The lowest BCUT2D eigenvalue weighted by Gasteiger charge is -2.36. The van der Waals surface area contributed by atoms with Crippen LogP contribution in [0.4, 0.5) is 0 Å². The lowest BCUT2D eigenvalue weighted by Crippen LogP contribution is -2.35. The minimum absolute atomic E-state index is 0.114. The third kappa shape index (κ3) is 0.423. The molecule has 70 valence electrons. The number of rotatable bonds is 0. The molecule has 6 rings (SSSR count). The van der Waals surface area contributed by atoms with Crippen LogP contribution in [0.25, 0.3) is 0 Å². The number of hydrogen-bond acceptors (Lipinski definition) is 1. The summed E-state index contributed by atoms with van der Waals surface area (Å²) in [5.74, 6) is 8.18. The van der Waals surface area contributed by atoms with Gasteiger partial charge in [-0.25, -0.2) is 0 Å². The Kier molecular flexibility index (Phi) is 0.793. The molecule has 6 aliphatic carbocycles. The van der Waals surface area contributed by atoms with E-state index >= 15 is 0 Å². The first-order valence-corrected chi connectivity index (χ1v) is 6.06.